The Hall–Kier alpha value is -2.66. The van der Waals surface area contributed by atoms with Crippen molar-refractivity contribution in [3.63, 3.8) is 0 Å². The monoisotopic (exact) mass is 327 g/mol. The predicted molar refractivity (Wildman–Crippen MR) is 88.6 cm³/mol. The molecule has 23 heavy (non-hydrogen) atoms. The van der Waals surface area contributed by atoms with Gasteiger partial charge in [0.25, 0.3) is 11.8 Å². The molecule has 0 saturated carbocycles. The number of nitrogens with zero attached hydrogens (tertiary/aromatic N) is 2. The topological polar surface area (TPSA) is 68.0 Å². The first kappa shape index (κ1) is 15.2. The molecule has 1 N–H and O–H groups in total. The summed E-state index contributed by atoms with van der Waals surface area (Å²) in [6, 6.07) is 12.4. The molecule has 0 unspecified atom stereocenters. The molecule has 0 fully saturated rings. The highest BCUT2D eigenvalue weighted by atomic mass is 35.5. The van der Waals surface area contributed by atoms with Crippen molar-refractivity contribution in [2.45, 2.75) is 13.8 Å². The number of nitrogens with one attached hydrogen (secondary N) is 1. The van der Waals surface area contributed by atoms with Gasteiger partial charge in [0.2, 0.25) is 0 Å². The molecule has 1 aromatic heterocycles. The van der Waals surface area contributed by atoms with Gasteiger partial charge in [-0.3, -0.25) is 4.79 Å². The van der Waals surface area contributed by atoms with E-state index >= 15 is 0 Å². The highest BCUT2D eigenvalue weighted by Crippen LogP contribution is 2.21. The molecule has 0 saturated heterocycles. The molecule has 3 aromatic rings. The van der Waals surface area contributed by atoms with Crippen LogP contribution in [0.1, 0.15) is 21.7 Å². The summed E-state index contributed by atoms with van der Waals surface area (Å²) in [5, 5.41) is 7.17. The summed E-state index contributed by atoms with van der Waals surface area (Å²) in [5.41, 5.74) is 2.91. The van der Waals surface area contributed by atoms with E-state index < -0.39 is 0 Å². The number of hydrogen-bond donors (Lipinski definition) is 1. The van der Waals surface area contributed by atoms with E-state index in [1.54, 1.807) is 37.3 Å². The second-order valence-corrected chi connectivity index (χ2v) is 5.55. The Balaban J connectivity index is 1.76. The van der Waals surface area contributed by atoms with Gasteiger partial charge >= 0.3 is 0 Å². The van der Waals surface area contributed by atoms with Crippen LogP contribution in [0.2, 0.25) is 5.02 Å². The molecule has 1 amide bonds. The number of hydrogen-bond acceptors (Lipinski definition) is 4. The minimum Gasteiger partial charge on any atom is -0.334 e. The summed E-state index contributed by atoms with van der Waals surface area (Å²) in [6.45, 7) is 3.66. The summed E-state index contributed by atoms with van der Waals surface area (Å²) in [4.78, 5) is 16.4. The number of carbonyl (C=O) groups excluding carboxylic acids is 1. The fourth-order valence-corrected chi connectivity index (χ4v) is 2.23. The van der Waals surface area contributed by atoms with E-state index in [4.69, 9.17) is 16.1 Å². The summed E-state index contributed by atoms with van der Waals surface area (Å²) in [7, 11) is 0. The smallest absolute Gasteiger partial charge is 0.257 e. The van der Waals surface area contributed by atoms with Crippen LogP contribution in [-0.4, -0.2) is 16.0 Å². The summed E-state index contributed by atoms with van der Waals surface area (Å²) >= 11 is 6.06. The fraction of sp³-hybridized carbons (Fsp3) is 0.118. The maximum Gasteiger partial charge on any atom is 0.257 e. The van der Waals surface area contributed by atoms with Crippen molar-refractivity contribution < 1.29 is 9.32 Å². The average Bonchev–Trinajstić information content (AvgIpc) is 2.97. The molecule has 0 aliphatic rings. The highest BCUT2D eigenvalue weighted by Gasteiger charge is 2.10. The Morgan fingerprint density at radius 2 is 1.87 bits per heavy atom. The SMILES string of the molecule is Cc1noc(-c2ccc(C(=O)Nc3ccc(C)c(Cl)c3)cc2)n1. The molecule has 6 heteroatoms. The highest BCUT2D eigenvalue weighted by molar-refractivity contribution is 6.31. The second kappa shape index (κ2) is 6.22. The van der Waals surface area contributed by atoms with Crippen LogP contribution in [0.4, 0.5) is 5.69 Å². The Morgan fingerprint density at radius 1 is 1.13 bits per heavy atom. The molecule has 2 aromatic carbocycles. The third-order valence-electron chi connectivity index (χ3n) is 3.35. The average molecular weight is 328 g/mol. The number of aromatic nitrogens is 2. The quantitative estimate of drug-likeness (QED) is 0.780. The molecular weight excluding hydrogens is 314 g/mol. The fourth-order valence-electron chi connectivity index (χ4n) is 2.05. The van der Waals surface area contributed by atoms with Gasteiger partial charge in [-0.1, -0.05) is 22.8 Å². The largest absolute Gasteiger partial charge is 0.334 e. The van der Waals surface area contributed by atoms with Gasteiger partial charge in [-0.2, -0.15) is 4.98 Å². The van der Waals surface area contributed by atoms with E-state index in [0.717, 1.165) is 11.1 Å². The third kappa shape index (κ3) is 3.40. The van der Waals surface area contributed by atoms with Gasteiger partial charge in [-0.15, -0.1) is 0 Å². The van der Waals surface area contributed by atoms with E-state index in [1.807, 2.05) is 19.1 Å². The molecule has 1 heterocycles. The molecule has 116 valence electrons. The van der Waals surface area contributed by atoms with E-state index in [0.29, 0.717) is 28.0 Å². The van der Waals surface area contributed by atoms with Crippen LogP contribution >= 0.6 is 11.6 Å². The van der Waals surface area contributed by atoms with E-state index in [9.17, 15) is 4.79 Å². The van der Waals surface area contributed by atoms with E-state index in [-0.39, 0.29) is 5.91 Å². The number of anilines is 1. The van der Waals surface area contributed by atoms with Gasteiger partial charge in [0.15, 0.2) is 5.82 Å². The van der Waals surface area contributed by atoms with Crippen LogP contribution in [0.5, 0.6) is 0 Å². The molecule has 0 atom stereocenters. The second-order valence-electron chi connectivity index (χ2n) is 5.14. The number of benzene rings is 2. The van der Waals surface area contributed by atoms with Gasteiger partial charge in [0, 0.05) is 21.8 Å². The van der Waals surface area contributed by atoms with Gasteiger partial charge < -0.3 is 9.84 Å². The van der Waals surface area contributed by atoms with Gasteiger partial charge in [-0.25, -0.2) is 0 Å². The van der Waals surface area contributed by atoms with Crippen molar-refractivity contribution in [1.82, 2.24) is 10.1 Å². The zero-order valence-electron chi connectivity index (χ0n) is 12.6. The minimum absolute atomic E-state index is 0.210. The lowest BCUT2D eigenvalue weighted by Crippen LogP contribution is -2.11. The van der Waals surface area contributed by atoms with Crippen molar-refractivity contribution in [2.24, 2.45) is 0 Å². The number of rotatable bonds is 3. The minimum atomic E-state index is -0.210. The molecule has 5 nitrogen and oxygen atoms in total. The molecule has 3 rings (SSSR count). The Morgan fingerprint density at radius 3 is 2.48 bits per heavy atom. The van der Waals surface area contributed by atoms with Crippen molar-refractivity contribution >= 4 is 23.2 Å². The first-order valence-electron chi connectivity index (χ1n) is 7.01. The van der Waals surface area contributed by atoms with E-state index in [1.165, 1.54) is 0 Å². The van der Waals surface area contributed by atoms with Gasteiger partial charge in [0.1, 0.15) is 0 Å². The third-order valence-corrected chi connectivity index (χ3v) is 3.76. The van der Waals surface area contributed by atoms with E-state index in [2.05, 4.69) is 15.5 Å². The number of aryl methyl sites for hydroxylation is 2. The standard InChI is InChI=1S/C17H14ClN3O2/c1-10-3-8-14(9-15(10)18)20-16(22)12-4-6-13(7-5-12)17-19-11(2)21-23-17/h3-9H,1-2H3,(H,20,22). The number of amides is 1. The molecule has 0 bridgehead atoms. The predicted octanol–water partition coefficient (Wildman–Crippen LogP) is 4.26. The molecular formula is C17H14ClN3O2. The maximum absolute atomic E-state index is 12.3. The van der Waals surface area contributed by atoms with Crippen molar-refractivity contribution in [2.75, 3.05) is 5.32 Å². The van der Waals surface area contributed by atoms with Crippen LogP contribution in [0, 0.1) is 13.8 Å². The Labute approximate surface area is 138 Å². The van der Waals surface area contributed by atoms with Gasteiger partial charge in [0.05, 0.1) is 0 Å². The molecule has 0 aliphatic heterocycles. The molecule has 0 aliphatic carbocycles. The van der Waals surface area contributed by atoms with Crippen molar-refractivity contribution in [3.8, 4) is 11.5 Å². The van der Waals surface area contributed by atoms with Crippen LogP contribution < -0.4 is 5.32 Å². The Kier molecular flexibility index (Phi) is 4.12. The van der Waals surface area contributed by atoms with Crippen LogP contribution in [-0.2, 0) is 0 Å². The van der Waals surface area contributed by atoms with Crippen LogP contribution in [0.15, 0.2) is 47.0 Å². The lowest BCUT2D eigenvalue weighted by atomic mass is 10.1. The first-order chi connectivity index (χ1) is 11.0. The summed E-state index contributed by atoms with van der Waals surface area (Å²) in [5.74, 6) is 0.788. The maximum atomic E-state index is 12.3. The zero-order chi connectivity index (χ0) is 16.4. The first-order valence-corrected chi connectivity index (χ1v) is 7.39. The molecule has 0 spiro atoms. The van der Waals surface area contributed by atoms with Gasteiger partial charge in [-0.05, 0) is 55.8 Å². The number of carbonyl (C=O) groups is 1. The molecule has 0 radical (unpaired) electrons. The lowest BCUT2D eigenvalue weighted by Gasteiger charge is -2.07. The normalized spacial score (nSPS) is 10.6. The van der Waals surface area contributed by atoms with Crippen molar-refractivity contribution in [3.05, 3.63) is 64.4 Å². The summed E-state index contributed by atoms with van der Waals surface area (Å²) in [6.07, 6.45) is 0. The Bertz CT molecular complexity index is 857. The van der Waals surface area contributed by atoms with Crippen LogP contribution in [0.25, 0.3) is 11.5 Å². The lowest BCUT2D eigenvalue weighted by molar-refractivity contribution is 0.102. The summed E-state index contributed by atoms with van der Waals surface area (Å²) < 4.78 is 5.09. The van der Waals surface area contributed by atoms with Crippen molar-refractivity contribution in [1.29, 1.82) is 0 Å². The zero-order valence-corrected chi connectivity index (χ0v) is 13.4. The number of halogens is 1. The van der Waals surface area contributed by atoms with Crippen LogP contribution in [0.3, 0.4) is 0 Å².